The van der Waals surface area contributed by atoms with Crippen molar-refractivity contribution in [2.75, 3.05) is 25.0 Å². The minimum atomic E-state index is 0. The molecule has 20 heavy (non-hydrogen) atoms. The van der Waals surface area contributed by atoms with Crippen LogP contribution in [0, 0.1) is 11.3 Å². The fourth-order valence-electron chi connectivity index (χ4n) is 3.09. The van der Waals surface area contributed by atoms with Gasteiger partial charge in [-0.3, -0.25) is 9.78 Å². The quantitative estimate of drug-likeness (QED) is 0.910. The Morgan fingerprint density at radius 1 is 1.40 bits per heavy atom. The van der Waals surface area contributed by atoms with Crippen molar-refractivity contribution < 1.29 is 4.79 Å². The number of aromatic nitrogens is 1. The molecular weight excluding hydrogens is 297 g/mol. The molecule has 6 heteroatoms. The number of rotatable bonds is 2. The van der Waals surface area contributed by atoms with Crippen LogP contribution in [0.4, 0.5) is 5.69 Å². The van der Waals surface area contributed by atoms with Crippen LogP contribution >= 0.6 is 24.8 Å². The summed E-state index contributed by atoms with van der Waals surface area (Å²) < 4.78 is 0. The lowest BCUT2D eigenvalue weighted by atomic mass is 9.91. The molecule has 1 aromatic rings. The second-order valence-corrected chi connectivity index (χ2v) is 5.48. The first-order chi connectivity index (χ1) is 8.73. The SMILES string of the molecule is CN(C(=O)C1CC12CCNCC2)c1cccnc1.Cl.Cl. The molecule has 1 aliphatic heterocycles. The number of nitrogens with zero attached hydrogens (tertiary/aromatic N) is 2. The highest BCUT2D eigenvalue weighted by molar-refractivity contribution is 5.96. The van der Waals surface area contributed by atoms with Gasteiger partial charge in [-0.1, -0.05) is 0 Å². The van der Waals surface area contributed by atoms with Gasteiger partial charge in [-0.25, -0.2) is 0 Å². The smallest absolute Gasteiger partial charge is 0.230 e. The number of anilines is 1. The molecule has 0 bridgehead atoms. The van der Waals surface area contributed by atoms with Gasteiger partial charge in [0.15, 0.2) is 0 Å². The first kappa shape index (κ1) is 17.2. The number of amides is 1. The van der Waals surface area contributed by atoms with Gasteiger partial charge in [0.1, 0.15) is 0 Å². The van der Waals surface area contributed by atoms with Crippen molar-refractivity contribution in [2.24, 2.45) is 11.3 Å². The van der Waals surface area contributed by atoms with Crippen molar-refractivity contribution in [3.05, 3.63) is 24.5 Å². The summed E-state index contributed by atoms with van der Waals surface area (Å²) in [5, 5.41) is 3.37. The van der Waals surface area contributed by atoms with Crippen molar-refractivity contribution in [1.29, 1.82) is 0 Å². The van der Waals surface area contributed by atoms with Gasteiger partial charge < -0.3 is 10.2 Å². The Balaban J connectivity index is 0.000001000. The molecule has 1 atom stereocenters. The highest BCUT2D eigenvalue weighted by Crippen LogP contribution is 2.59. The maximum Gasteiger partial charge on any atom is 0.230 e. The van der Waals surface area contributed by atoms with Gasteiger partial charge in [-0.15, -0.1) is 24.8 Å². The van der Waals surface area contributed by atoms with E-state index in [0.717, 1.165) is 38.0 Å². The Kier molecular flexibility index (Phi) is 5.80. The molecule has 1 amide bonds. The summed E-state index contributed by atoms with van der Waals surface area (Å²) in [4.78, 5) is 18.3. The molecule has 1 saturated carbocycles. The molecule has 2 heterocycles. The van der Waals surface area contributed by atoms with E-state index < -0.39 is 0 Å². The Labute approximate surface area is 132 Å². The molecule has 1 aliphatic carbocycles. The number of carbonyl (C=O) groups excluding carboxylic acids is 1. The van der Waals surface area contributed by atoms with E-state index in [9.17, 15) is 4.79 Å². The molecule has 2 fully saturated rings. The van der Waals surface area contributed by atoms with Crippen LogP contribution in [-0.4, -0.2) is 31.0 Å². The molecule has 1 unspecified atom stereocenters. The summed E-state index contributed by atoms with van der Waals surface area (Å²) in [6, 6.07) is 3.80. The summed E-state index contributed by atoms with van der Waals surface area (Å²) in [5.74, 6) is 0.481. The van der Waals surface area contributed by atoms with Crippen LogP contribution in [-0.2, 0) is 4.79 Å². The van der Waals surface area contributed by atoms with Crippen LogP contribution in [0.1, 0.15) is 19.3 Å². The predicted octanol–water partition coefficient (Wildman–Crippen LogP) is 2.28. The third-order valence-corrected chi connectivity index (χ3v) is 4.45. The monoisotopic (exact) mass is 317 g/mol. The Morgan fingerprint density at radius 2 is 2.10 bits per heavy atom. The second kappa shape index (κ2) is 6.74. The lowest BCUT2D eigenvalue weighted by Gasteiger charge is -2.25. The number of halogens is 2. The van der Waals surface area contributed by atoms with Crippen molar-refractivity contribution in [3.8, 4) is 0 Å². The maximum absolute atomic E-state index is 12.5. The summed E-state index contributed by atoms with van der Waals surface area (Å²) >= 11 is 0. The number of pyridine rings is 1. The van der Waals surface area contributed by atoms with Gasteiger partial charge in [-0.2, -0.15) is 0 Å². The van der Waals surface area contributed by atoms with E-state index in [1.807, 2.05) is 19.2 Å². The van der Waals surface area contributed by atoms with Gasteiger partial charge in [0.05, 0.1) is 11.9 Å². The summed E-state index contributed by atoms with van der Waals surface area (Å²) in [6.07, 6.45) is 6.83. The molecule has 2 aliphatic rings. The van der Waals surface area contributed by atoms with Gasteiger partial charge in [0.25, 0.3) is 0 Å². The van der Waals surface area contributed by atoms with E-state index in [1.165, 1.54) is 0 Å². The first-order valence-corrected chi connectivity index (χ1v) is 6.61. The molecule has 112 valence electrons. The second-order valence-electron chi connectivity index (χ2n) is 5.48. The third kappa shape index (κ3) is 3.08. The zero-order chi connectivity index (χ0) is 12.6. The van der Waals surface area contributed by atoms with Crippen molar-refractivity contribution in [2.45, 2.75) is 19.3 Å². The van der Waals surface area contributed by atoms with E-state index in [4.69, 9.17) is 0 Å². The molecule has 1 aromatic heterocycles. The van der Waals surface area contributed by atoms with Crippen LogP contribution < -0.4 is 10.2 Å². The van der Waals surface area contributed by atoms with Crippen LogP contribution in [0.25, 0.3) is 0 Å². The van der Waals surface area contributed by atoms with E-state index in [-0.39, 0.29) is 36.6 Å². The summed E-state index contributed by atoms with van der Waals surface area (Å²) in [7, 11) is 1.85. The highest BCUT2D eigenvalue weighted by Gasteiger charge is 2.58. The minimum Gasteiger partial charge on any atom is -0.317 e. The third-order valence-electron chi connectivity index (χ3n) is 4.45. The number of piperidine rings is 1. The predicted molar refractivity (Wildman–Crippen MR) is 84.8 cm³/mol. The highest BCUT2D eigenvalue weighted by atomic mass is 35.5. The molecule has 3 rings (SSSR count). The van der Waals surface area contributed by atoms with Gasteiger partial charge >= 0.3 is 0 Å². The van der Waals surface area contributed by atoms with Crippen LogP contribution in [0.5, 0.6) is 0 Å². The van der Waals surface area contributed by atoms with E-state index in [0.29, 0.717) is 5.41 Å². The number of hydrogen-bond acceptors (Lipinski definition) is 3. The van der Waals surface area contributed by atoms with E-state index in [1.54, 1.807) is 17.3 Å². The Bertz CT molecular complexity index is 449. The van der Waals surface area contributed by atoms with Crippen molar-refractivity contribution in [3.63, 3.8) is 0 Å². The van der Waals surface area contributed by atoms with Crippen molar-refractivity contribution in [1.82, 2.24) is 10.3 Å². The van der Waals surface area contributed by atoms with Crippen LogP contribution in [0.2, 0.25) is 0 Å². The fourth-order valence-corrected chi connectivity index (χ4v) is 3.09. The van der Waals surface area contributed by atoms with Gasteiger partial charge in [-0.05, 0) is 49.9 Å². The molecule has 0 aromatic carbocycles. The maximum atomic E-state index is 12.5. The lowest BCUT2D eigenvalue weighted by molar-refractivity contribution is -0.120. The molecule has 4 nitrogen and oxygen atoms in total. The summed E-state index contributed by atoms with van der Waals surface area (Å²) in [6.45, 7) is 2.11. The molecule has 1 spiro atoms. The largest absolute Gasteiger partial charge is 0.317 e. The fraction of sp³-hybridized carbons (Fsp3) is 0.571. The molecule has 0 radical (unpaired) electrons. The Morgan fingerprint density at radius 3 is 2.70 bits per heavy atom. The van der Waals surface area contributed by atoms with Crippen LogP contribution in [0.3, 0.4) is 0 Å². The van der Waals surface area contributed by atoms with Gasteiger partial charge in [0, 0.05) is 19.2 Å². The normalized spacial score (nSPS) is 22.4. The average Bonchev–Trinajstić information content (AvgIpc) is 3.12. The zero-order valence-electron chi connectivity index (χ0n) is 11.5. The number of nitrogens with one attached hydrogen (secondary N) is 1. The minimum absolute atomic E-state index is 0. The number of carbonyl (C=O) groups is 1. The topological polar surface area (TPSA) is 45.2 Å². The standard InChI is InChI=1S/C14H19N3O.2ClH/c1-17(11-3-2-6-16-10-11)13(18)12-9-14(12)4-7-15-8-5-14;;/h2-3,6,10,12,15H,4-5,7-9H2,1H3;2*1H. The van der Waals surface area contributed by atoms with Crippen molar-refractivity contribution >= 4 is 36.4 Å². The van der Waals surface area contributed by atoms with Gasteiger partial charge in [0.2, 0.25) is 5.91 Å². The molecule has 1 saturated heterocycles. The number of hydrogen-bond donors (Lipinski definition) is 1. The Hall–Kier alpha value is -0.840. The summed E-state index contributed by atoms with van der Waals surface area (Å²) in [5.41, 5.74) is 1.19. The van der Waals surface area contributed by atoms with Crippen LogP contribution in [0.15, 0.2) is 24.5 Å². The molecule has 1 N–H and O–H groups in total. The first-order valence-electron chi connectivity index (χ1n) is 6.61. The lowest BCUT2D eigenvalue weighted by Crippen LogP contribution is -2.34. The van der Waals surface area contributed by atoms with E-state index >= 15 is 0 Å². The average molecular weight is 318 g/mol. The molecular formula is C14H21Cl2N3O. The zero-order valence-corrected chi connectivity index (χ0v) is 13.2. The van der Waals surface area contributed by atoms with E-state index in [2.05, 4.69) is 10.3 Å².